The van der Waals surface area contributed by atoms with Crippen LogP contribution in [0.2, 0.25) is 0 Å². The molecular formula is C15H25N3O2. The Kier molecular flexibility index (Phi) is 5.17. The zero-order valence-electron chi connectivity index (χ0n) is 12.2. The maximum Gasteiger partial charge on any atom is 0.245 e. The van der Waals surface area contributed by atoms with Gasteiger partial charge in [-0.05, 0) is 45.2 Å². The van der Waals surface area contributed by atoms with Gasteiger partial charge >= 0.3 is 0 Å². The first kappa shape index (κ1) is 15.0. The molecule has 0 aromatic carbocycles. The molecule has 0 bridgehead atoms. The van der Waals surface area contributed by atoms with Crippen LogP contribution in [0.4, 0.5) is 0 Å². The van der Waals surface area contributed by atoms with Crippen molar-refractivity contribution < 1.29 is 9.59 Å². The van der Waals surface area contributed by atoms with Crippen molar-refractivity contribution in [3.8, 4) is 0 Å². The number of likely N-dealkylation sites (tertiary alicyclic amines) is 1. The van der Waals surface area contributed by atoms with Crippen molar-refractivity contribution in [1.82, 2.24) is 15.5 Å². The minimum absolute atomic E-state index is 0.0314. The summed E-state index contributed by atoms with van der Waals surface area (Å²) in [5.41, 5.74) is 0. The van der Waals surface area contributed by atoms with Crippen LogP contribution in [0.3, 0.4) is 0 Å². The first-order valence-electron chi connectivity index (χ1n) is 7.55. The molecule has 2 atom stereocenters. The van der Waals surface area contributed by atoms with Crippen LogP contribution in [-0.2, 0) is 9.59 Å². The van der Waals surface area contributed by atoms with Gasteiger partial charge in [-0.25, -0.2) is 0 Å². The summed E-state index contributed by atoms with van der Waals surface area (Å²) in [7, 11) is 0. The molecule has 2 aliphatic heterocycles. The number of amides is 2. The molecule has 0 saturated carbocycles. The van der Waals surface area contributed by atoms with E-state index in [1.807, 2.05) is 0 Å². The number of carbonyl (C=O) groups is 2. The van der Waals surface area contributed by atoms with Gasteiger partial charge in [0, 0.05) is 31.1 Å². The Bertz CT molecular complexity index is 375. The molecule has 2 saturated heterocycles. The van der Waals surface area contributed by atoms with Gasteiger partial charge in [-0.2, -0.15) is 0 Å². The van der Waals surface area contributed by atoms with E-state index in [-0.39, 0.29) is 17.7 Å². The highest BCUT2D eigenvalue weighted by molar-refractivity contribution is 5.87. The maximum atomic E-state index is 12.3. The van der Waals surface area contributed by atoms with Crippen LogP contribution >= 0.6 is 0 Å². The van der Waals surface area contributed by atoms with Crippen molar-refractivity contribution in [2.24, 2.45) is 5.92 Å². The summed E-state index contributed by atoms with van der Waals surface area (Å²) in [5.74, 6) is 0.180. The molecule has 2 N–H and O–H groups in total. The number of hydrogen-bond acceptors (Lipinski definition) is 3. The van der Waals surface area contributed by atoms with Crippen LogP contribution in [0.15, 0.2) is 12.7 Å². The number of nitrogens with zero attached hydrogens (tertiary/aromatic N) is 1. The zero-order chi connectivity index (χ0) is 14.5. The Morgan fingerprint density at radius 3 is 2.60 bits per heavy atom. The third-order valence-electron chi connectivity index (χ3n) is 4.32. The summed E-state index contributed by atoms with van der Waals surface area (Å²) < 4.78 is 0. The SMILES string of the molecule is C=CC(=O)N1CCC(C(=O)NC2CCNC(C)C2)CC1. The molecule has 0 aromatic heterocycles. The van der Waals surface area contributed by atoms with Crippen LogP contribution in [0.5, 0.6) is 0 Å². The van der Waals surface area contributed by atoms with E-state index in [0.29, 0.717) is 25.2 Å². The lowest BCUT2D eigenvalue weighted by Crippen LogP contribution is -2.49. The smallest absolute Gasteiger partial charge is 0.245 e. The fourth-order valence-corrected chi connectivity index (χ4v) is 3.07. The molecule has 20 heavy (non-hydrogen) atoms. The summed E-state index contributed by atoms with van der Waals surface area (Å²) in [4.78, 5) is 25.5. The Hall–Kier alpha value is -1.36. The van der Waals surface area contributed by atoms with Crippen molar-refractivity contribution in [3.05, 3.63) is 12.7 Å². The van der Waals surface area contributed by atoms with Crippen molar-refractivity contribution in [2.45, 2.75) is 44.7 Å². The van der Waals surface area contributed by atoms with E-state index in [9.17, 15) is 9.59 Å². The van der Waals surface area contributed by atoms with E-state index < -0.39 is 0 Å². The van der Waals surface area contributed by atoms with Crippen molar-refractivity contribution >= 4 is 11.8 Å². The molecule has 2 aliphatic rings. The predicted octanol–water partition coefficient (Wildman–Crippen LogP) is 0.668. The second kappa shape index (κ2) is 6.88. The number of piperidine rings is 2. The Morgan fingerprint density at radius 1 is 1.30 bits per heavy atom. The summed E-state index contributed by atoms with van der Waals surface area (Å²) >= 11 is 0. The Balaban J connectivity index is 1.77. The molecule has 0 radical (unpaired) electrons. The number of hydrogen-bond donors (Lipinski definition) is 2. The van der Waals surface area contributed by atoms with E-state index in [4.69, 9.17) is 0 Å². The molecule has 0 aliphatic carbocycles. The summed E-state index contributed by atoms with van der Waals surface area (Å²) in [6.45, 7) is 7.94. The van der Waals surface area contributed by atoms with Crippen LogP contribution in [0.1, 0.15) is 32.6 Å². The van der Waals surface area contributed by atoms with Gasteiger partial charge in [-0.3, -0.25) is 9.59 Å². The van der Waals surface area contributed by atoms with Crippen LogP contribution in [0, 0.1) is 5.92 Å². The van der Waals surface area contributed by atoms with E-state index >= 15 is 0 Å². The molecule has 0 aromatic rings. The summed E-state index contributed by atoms with van der Waals surface area (Å²) in [6, 6.07) is 0.771. The fraction of sp³-hybridized carbons (Fsp3) is 0.733. The highest BCUT2D eigenvalue weighted by atomic mass is 16.2. The summed E-state index contributed by atoms with van der Waals surface area (Å²) in [5, 5.41) is 6.56. The maximum absolute atomic E-state index is 12.3. The number of carbonyl (C=O) groups excluding carboxylic acids is 2. The van der Waals surface area contributed by atoms with Crippen molar-refractivity contribution in [2.75, 3.05) is 19.6 Å². The van der Waals surface area contributed by atoms with Gasteiger partial charge in [0.15, 0.2) is 0 Å². The monoisotopic (exact) mass is 279 g/mol. The van der Waals surface area contributed by atoms with E-state index in [2.05, 4.69) is 24.1 Å². The Morgan fingerprint density at radius 2 is 2.00 bits per heavy atom. The molecule has 5 heteroatoms. The third-order valence-corrected chi connectivity index (χ3v) is 4.32. The largest absolute Gasteiger partial charge is 0.353 e. The van der Waals surface area contributed by atoms with E-state index in [1.165, 1.54) is 6.08 Å². The average molecular weight is 279 g/mol. The third kappa shape index (κ3) is 3.82. The average Bonchev–Trinajstić information content (AvgIpc) is 2.46. The molecule has 2 rings (SSSR count). The topological polar surface area (TPSA) is 61.4 Å². The highest BCUT2D eigenvalue weighted by Crippen LogP contribution is 2.19. The molecule has 2 unspecified atom stereocenters. The lowest BCUT2D eigenvalue weighted by molar-refractivity contribution is -0.132. The summed E-state index contributed by atoms with van der Waals surface area (Å²) in [6.07, 6.45) is 4.86. The second-order valence-corrected chi connectivity index (χ2v) is 5.89. The van der Waals surface area contributed by atoms with Gasteiger partial charge < -0.3 is 15.5 Å². The Labute approximate surface area is 120 Å². The fourth-order valence-electron chi connectivity index (χ4n) is 3.07. The minimum Gasteiger partial charge on any atom is -0.353 e. The number of rotatable bonds is 3. The normalized spacial score (nSPS) is 27.9. The van der Waals surface area contributed by atoms with Gasteiger partial charge in [0.05, 0.1) is 0 Å². The lowest BCUT2D eigenvalue weighted by Gasteiger charge is -2.33. The number of nitrogens with one attached hydrogen (secondary N) is 2. The van der Waals surface area contributed by atoms with E-state index in [0.717, 1.165) is 32.2 Å². The quantitative estimate of drug-likeness (QED) is 0.746. The molecule has 2 amide bonds. The van der Waals surface area contributed by atoms with Crippen LogP contribution < -0.4 is 10.6 Å². The van der Waals surface area contributed by atoms with Crippen LogP contribution in [-0.4, -0.2) is 48.4 Å². The molecule has 112 valence electrons. The minimum atomic E-state index is -0.0314. The van der Waals surface area contributed by atoms with E-state index in [1.54, 1.807) is 4.90 Å². The molecule has 5 nitrogen and oxygen atoms in total. The predicted molar refractivity (Wildman–Crippen MR) is 78.1 cm³/mol. The van der Waals surface area contributed by atoms with Gasteiger partial charge in [-0.1, -0.05) is 6.58 Å². The van der Waals surface area contributed by atoms with Crippen LogP contribution in [0.25, 0.3) is 0 Å². The van der Waals surface area contributed by atoms with Gasteiger partial charge in [0.25, 0.3) is 0 Å². The molecule has 0 spiro atoms. The van der Waals surface area contributed by atoms with Gasteiger partial charge in [-0.15, -0.1) is 0 Å². The van der Waals surface area contributed by atoms with Gasteiger partial charge in [0.2, 0.25) is 11.8 Å². The second-order valence-electron chi connectivity index (χ2n) is 5.89. The van der Waals surface area contributed by atoms with Crippen molar-refractivity contribution in [3.63, 3.8) is 0 Å². The highest BCUT2D eigenvalue weighted by Gasteiger charge is 2.28. The standard InChI is InChI=1S/C15H25N3O2/c1-3-14(19)18-8-5-12(6-9-18)15(20)17-13-4-7-16-11(2)10-13/h3,11-13,16H,1,4-10H2,2H3,(H,17,20). The zero-order valence-corrected chi connectivity index (χ0v) is 12.2. The first-order chi connectivity index (χ1) is 9.60. The van der Waals surface area contributed by atoms with Crippen molar-refractivity contribution in [1.29, 1.82) is 0 Å². The molecule has 2 fully saturated rings. The molecular weight excluding hydrogens is 254 g/mol. The molecule has 2 heterocycles. The lowest BCUT2D eigenvalue weighted by atomic mass is 9.94. The first-order valence-corrected chi connectivity index (χ1v) is 7.55. The van der Waals surface area contributed by atoms with Gasteiger partial charge in [0.1, 0.15) is 0 Å².